The van der Waals surface area contributed by atoms with Crippen molar-refractivity contribution in [3.8, 4) is 0 Å². The van der Waals surface area contributed by atoms with E-state index in [1.54, 1.807) is 4.90 Å². The van der Waals surface area contributed by atoms with E-state index >= 15 is 0 Å². The number of hydrogen-bond acceptors (Lipinski definition) is 3. The first-order valence-corrected chi connectivity index (χ1v) is 4.89. The van der Waals surface area contributed by atoms with Crippen LogP contribution >= 0.6 is 0 Å². The van der Waals surface area contributed by atoms with Crippen LogP contribution in [-0.4, -0.2) is 43.3 Å². The monoisotopic (exact) mass is 186 g/mol. The zero-order chi connectivity index (χ0) is 9.68. The van der Waals surface area contributed by atoms with Gasteiger partial charge in [-0.25, -0.2) is 4.79 Å². The Morgan fingerprint density at radius 1 is 1.69 bits per heavy atom. The van der Waals surface area contributed by atoms with Crippen molar-refractivity contribution in [2.45, 2.75) is 26.3 Å². The molecule has 4 nitrogen and oxygen atoms in total. The van der Waals surface area contributed by atoms with Crippen LogP contribution in [0.2, 0.25) is 0 Å². The summed E-state index contributed by atoms with van der Waals surface area (Å²) in [6.07, 6.45) is 0.821. The normalized spacial score (nSPS) is 23.8. The van der Waals surface area contributed by atoms with E-state index in [1.807, 2.05) is 13.8 Å². The molecule has 1 unspecified atom stereocenters. The third kappa shape index (κ3) is 2.88. The molecule has 0 aliphatic carbocycles. The van der Waals surface area contributed by atoms with Crippen LogP contribution in [0.15, 0.2) is 0 Å². The number of hydrogen-bond donors (Lipinski definition) is 1. The van der Waals surface area contributed by atoms with E-state index in [0.717, 1.165) is 26.1 Å². The maximum Gasteiger partial charge on any atom is 0.410 e. The number of carbonyl (C=O) groups excluding carboxylic acids is 1. The Morgan fingerprint density at radius 3 is 3.15 bits per heavy atom. The fourth-order valence-corrected chi connectivity index (χ4v) is 1.49. The Kier molecular flexibility index (Phi) is 4.02. The van der Waals surface area contributed by atoms with Gasteiger partial charge in [-0.1, -0.05) is 0 Å². The van der Waals surface area contributed by atoms with Gasteiger partial charge < -0.3 is 15.0 Å². The molecule has 0 saturated carbocycles. The Hall–Kier alpha value is -0.770. The van der Waals surface area contributed by atoms with Gasteiger partial charge in [0.1, 0.15) is 0 Å². The van der Waals surface area contributed by atoms with Crippen LogP contribution in [0.4, 0.5) is 4.79 Å². The minimum atomic E-state index is -0.182. The maximum absolute atomic E-state index is 11.4. The lowest BCUT2D eigenvalue weighted by molar-refractivity contribution is 0.0963. The van der Waals surface area contributed by atoms with Gasteiger partial charge in [-0.2, -0.15) is 0 Å². The second-order valence-electron chi connectivity index (χ2n) is 3.30. The van der Waals surface area contributed by atoms with E-state index in [0.29, 0.717) is 6.61 Å². The molecule has 4 heteroatoms. The summed E-state index contributed by atoms with van der Waals surface area (Å²) in [6.45, 7) is 6.97. The number of nitrogens with one attached hydrogen (secondary N) is 1. The molecule has 0 aromatic carbocycles. The summed E-state index contributed by atoms with van der Waals surface area (Å²) in [5, 5.41) is 3.27. The highest BCUT2D eigenvalue weighted by Crippen LogP contribution is 2.05. The molecule has 76 valence electrons. The zero-order valence-corrected chi connectivity index (χ0v) is 8.38. The minimum absolute atomic E-state index is 0.182. The Balaban J connectivity index is 2.48. The molecule has 0 aromatic rings. The predicted molar refractivity (Wildman–Crippen MR) is 50.7 cm³/mol. The second kappa shape index (κ2) is 5.07. The third-order valence-electron chi connectivity index (χ3n) is 2.23. The fourth-order valence-electron chi connectivity index (χ4n) is 1.49. The Bertz CT molecular complexity index is 173. The molecule has 0 aromatic heterocycles. The fraction of sp³-hybridized carbons (Fsp3) is 0.889. The van der Waals surface area contributed by atoms with Crippen molar-refractivity contribution < 1.29 is 9.53 Å². The van der Waals surface area contributed by atoms with E-state index in [4.69, 9.17) is 4.74 Å². The molecule has 0 radical (unpaired) electrons. The first-order chi connectivity index (χ1) is 6.25. The molecule has 1 N–H and O–H groups in total. The van der Waals surface area contributed by atoms with Crippen LogP contribution in [0.1, 0.15) is 20.3 Å². The number of amides is 1. The lowest BCUT2D eigenvalue weighted by Gasteiger charge is -2.25. The number of rotatable bonds is 1. The van der Waals surface area contributed by atoms with Crippen molar-refractivity contribution in [1.82, 2.24) is 10.2 Å². The lowest BCUT2D eigenvalue weighted by atomic mass is 10.3. The quantitative estimate of drug-likeness (QED) is 0.659. The summed E-state index contributed by atoms with van der Waals surface area (Å²) in [5.74, 6) is 0. The predicted octanol–water partition coefficient (Wildman–Crippen LogP) is 0.827. The molecule has 1 fully saturated rings. The van der Waals surface area contributed by atoms with Crippen LogP contribution in [0.5, 0.6) is 0 Å². The summed E-state index contributed by atoms with van der Waals surface area (Å²) < 4.78 is 4.97. The van der Waals surface area contributed by atoms with E-state index < -0.39 is 0 Å². The summed E-state index contributed by atoms with van der Waals surface area (Å²) >= 11 is 0. The first kappa shape index (κ1) is 10.3. The van der Waals surface area contributed by atoms with Crippen LogP contribution in [-0.2, 0) is 4.74 Å². The van der Waals surface area contributed by atoms with E-state index in [-0.39, 0.29) is 12.1 Å². The number of ether oxygens (including phenoxy) is 1. The minimum Gasteiger partial charge on any atom is -0.450 e. The smallest absolute Gasteiger partial charge is 0.410 e. The molecule has 1 atom stereocenters. The van der Waals surface area contributed by atoms with Crippen molar-refractivity contribution in [2.24, 2.45) is 0 Å². The standard InChI is InChI=1S/C9H18N2O2/c1-3-13-9(12)11-6-4-5-10-7-8(11)2/h8,10H,3-7H2,1-2H3. The average Bonchev–Trinajstić information content (AvgIpc) is 2.30. The molecule has 1 amide bonds. The van der Waals surface area contributed by atoms with Crippen molar-refractivity contribution in [2.75, 3.05) is 26.2 Å². The summed E-state index contributed by atoms with van der Waals surface area (Å²) in [7, 11) is 0. The second-order valence-corrected chi connectivity index (χ2v) is 3.30. The van der Waals surface area contributed by atoms with E-state index in [9.17, 15) is 4.79 Å². The molecule has 1 heterocycles. The zero-order valence-electron chi connectivity index (χ0n) is 8.38. The van der Waals surface area contributed by atoms with Crippen molar-refractivity contribution in [3.05, 3.63) is 0 Å². The molecule has 1 rings (SSSR count). The van der Waals surface area contributed by atoms with Gasteiger partial charge >= 0.3 is 6.09 Å². The molecule has 0 spiro atoms. The van der Waals surface area contributed by atoms with E-state index in [2.05, 4.69) is 5.32 Å². The number of nitrogens with zero attached hydrogens (tertiary/aromatic N) is 1. The van der Waals surface area contributed by atoms with Gasteiger partial charge in [-0.3, -0.25) is 0 Å². The van der Waals surface area contributed by atoms with Crippen LogP contribution < -0.4 is 5.32 Å². The number of carbonyl (C=O) groups is 1. The molecule has 1 aliphatic heterocycles. The summed E-state index contributed by atoms with van der Waals surface area (Å²) in [4.78, 5) is 13.2. The highest BCUT2D eigenvalue weighted by molar-refractivity contribution is 5.68. The molecule has 13 heavy (non-hydrogen) atoms. The van der Waals surface area contributed by atoms with Gasteiger partial charge in [0.15, 0.2) is 0 Å². The highest BCUT2D eigenvalue weighted by Gasteiger charge is 2.22. The molecular weight excluding hydrogens is 168 g/mol. The van der Waals surface area contributed by atoms with Crippen LogP contribution in [0.3, 0.4) is 0 Å². The Labute approximate surface area is 79.2 Å². The first-order valence-electron chi connectivity index (χ1n) is 4.89. The van der Waals surface area contributed by atoms with Crippen molar-refractivity contribution in [3.63, 3.8) is 0 Å². The van der Waals surface area contributed by atoms with Crippen molar-refractivity contribution in [1.29, 1.82) is 0 Å². The molecular formula is C9H18N2O2. The largest absolute Gasteiger partial charge is 0.450 e. The molecule has 1 saturated heterocycles. The van der Waals surface area contributed by atoms with Crippen molar-refractivity contribution >= 4 is 6.09 Å². The highest BCUT2D eigenvalue weighted by atomic mass is 16.6. The van der Waals surface area contributed by atoms with Crippen LogP contribution in [0, 0.1) is 0 Å². The SMILES string of the molecule is CCOC(=O)N1CCCNCC1C. The third-order valence-corrected chi connectivity index (χ3v) is 2.23. The lowest BCUT2D eigenvalue weighted by Crippen LogP contribution is -2.41. The molecule has 0 bridgehead atoms. The Morgan fingerprint density at radius 2 is 2.46 bits per heavy atom. The average molecular weight is 186 g/mol. The van der Waals surface area contributed by atoms with Gasteiger partial charge in [0.25, 0.3) is 0 Å². The van der Waals surface area contributed by atoms with Gasteiger partial charge in [0, 0.05) is 19.1 Å². The molecule has 1 aliphatic rings. The van der Waals surface area contributed by atoms with Crippen LogP contribution in [0.25, 0.3) is 0 Å². The van der Waals surface area contributed by atoms with Gasteiger partial charge in [0.2, 0.25) is 0 Å². The summed E-state index contributed by atoms with van der Waals surface area (Å²) in [5.41, 5.74) is 0. The maximum atomic E-state index is 11.4. The topological polar surface area (TPSA) is 41.6 Å². The van der Waals surface area contributed by atoms with Gasteiger partial charge in [-0.15, -0.1) is 0 Å². The van der Waals surface area contributed by atoms with Gasteiger partial charge in [-0.05, 0) is 26.8 Å². The van der Waals surface area contributed by atoms with Gasteiger partial charge in [0.05, 0.1) is 6.61 Å². The van der Waals surface area contributed by atoms with E-state index in [1.165, 1.54) is 0 Å². The summed E-state index contributed by atoms with van der Waals surface area (Å²) in [6, 6.07) is 0.238.